The van der Waals surface area contributed by atoms with Crippen LogP contribution in [0.1, 0.15) is 87.8 Å². The number of carbonyl (C=O) groups excluding carboxylic acids is 2. The first-order chi connectivity index (χ1) is 23.0. The second kappa shape index (κ2) is 16.4. The Labute approximate surface area is 301 Å². The molecule has 1 fully saturated rings. The summed E-state index contributed by atoms with van der Waals surface area (Å²) in [4.78, 5) is 27.4. The number of ether oxygens (including phenoxy) is 2. The zero-order chi connectivity index (χ0) is 37.5. The lowest BCUT2D eigenvalue weighted by atomic mass is 9.75. The molecule has 4 N–H and O–H groups in total. The van der Waals surface area contributed by atoms with Crippen molar-refractivity contribution in [3.05, 3.63) is 52.7 Å². The number of hydrogen-bond donors (Lipinski definition) is 2. The highest BCUT2D eigenvalue weighted by Crippen LogP contribution is 2.39. The number of nitrogens with two attached hydrogens (primary N) is 2. The monoisotopic (exact) mass is 714 g/mol. The van der Waals surface area contributed by atoms with Crippen LogP contribution in [0.3, 0.4) is 0 Å². The third-order valence-electron chi connectivity index (χ3n) is 7.98. The number of amides is 2. The summed E-state index contributed by atoms with van der Waals surface area (Å²) in [7, 11) is -0.314. The third kappa shape index (κ3) is 12.4. The molecule has 0 aliphatic carbocycles. The molecule has 5 rings (SSSR count). The van der Waals surface area contributed by atoms with Crippen molar-refractivity contribution >= 4 is 48.1 Å². The Morgan fingerprint density at radius 3 is 1.60 bits per heavy atom. The lowest BCUT2D eigenvalue weighted by Gasteiger charge is -2.32. The number of aromatic nitrogens is 4. The topological polar surface area (TPSA) is 181 Å². The molecule has 1 saturated heterocycles. The quantitative estimate of drug-likeness (QED) is 0.348. The van der Waals surface area contributed by atoms with Crippen LogP contribution in [-0.4, -0.2) is 98.1 Å². The van der Waals surface area contributed by atoms with Gasteiger partial charge in [-0.2, -0.15) is 0 Å². The average molecular weight is 715 g/mol. The standard InChI is InChI=1S/C16H28BNO4.C14H20N4O2.C4H4ClN3/c1-14(2,3)20-13(19)18-10-8-12(9-11-18)17-21-15(4,5)16(6,7)22-17;1-14(2,3)20-13(19)18-8-6-10(7-9-18)11-4-5-12(15)17-16-11;5-3-1-2-4(6)8-7-3/h8H,9-11H2,1-7H3;4-6H,7-9H2,1-3H3,(H2,15,17);1-2H,(H2,6,8). The van der Waals surface area contributed by atoms with Gasteiger partial charge in [-0.25, -0.2) is 9.59 Å². The lowest BCUT2D eigenvalue weighted by molar-refractivity contribution is 0.00578. The minimum atomic E-state index is -0.469. The van der Waals surface area contributed by atoms with Gasteiger partial charge in [-0.05, 0) is 117 Å². The maximum absolute atomic E-state index is 12.1. The van der Waals surface area contributed by atoms with Crippen LogP contribution in [-0.2, 0) is 18.8 Å². The fraction of sp³-hybridized carbons (Fsp3) is 0.588. The van der Waals surface area contributed by atoms with Gasteiger partial charge in [-0.1, -0.05) is 23.8 Å². The highest BCUT2D eigenvalue weighted by Gasteiger charge is 2.52. The first kappa shape index (κ1) is 40.5. The molecule has 0 bridgehead atoms. The lowest BCUT2D eigenvalue weighted by Crippen LogP contribution is -2.41. The van der Waals surface area contributed by atoms with Gasteiger partial charge in [-0.3, -0.25) is 0 Å². The summed E-state index contributed by atoms with van der Waals surface area (Å²) < 4.78 is 22.9. The minimum Gasteiger partial charge on any atom is -0.444 e. The van der Waals surface area contributed by atoms with E-state index in [0.29, 0.717) is 43.0 Å². The summed E-state index contributed by atoms with van der Waals surface area (Å²) in [6.07, 6.45) is 4.94. The van der Waals surface area contributed by atoms with Crippen LogP contribution in [0.2, 0.25) is 5.15 Å². The summed E-state index contributed by atoms with van der Waals surface area (Å²) in [5, 5.41) is 15.2. The van der Waals surface area contributed by atoms with E-state index in [-0.39, 0.29) is 30.5 Å². The fourth-order valence-electron chi connectivity index (χ4n) is 4.62. The van der Waals surface area contributed by atoms with Crippen molar-refractivity contribution in [2.24, 2.45) is 0 Å². The molecule has 3 aliphatic heterocycles. The molecule has 5 heterocycles. The van der Waals surface area contributed by atoms with Gasteiger partial charge in [0.1, 0.15) is 22.8 Å². The van der Waals surface area contributed by atoms with Gasteiger partial charge in [0, 0.05) is 26.2 Å². The Kier molecular flexibility index (Phi) is 13.3. The van der Waals surface area contributed by atoms with Gasteiger partial charge in [-0.15, -0.1) is 20.4 Å². The SMILES string of the molecule is CC(C)(C)OC(=O)N1CC=C(B2OC(C)(C)C(C)(C)O2)CC1.CC(C)(C)OC(=O)N1CC=C(c2ccc(N)nn2)CC1.Nc1ccc(Cl)nn1. The molecule has 3 aliphatic rings. The zero-order valence-corrected chi connectivity index (χ0v) is 31.7. The number of halogens is 1. The zero-order valence-electron chi connectivity index (χ0n) is 30.9. The van der Waals surface area contributed by atoms with Crippen LogP contribution in [0.4, 0.5) is 21.2 Å². The van der Waals surface area contributed by atoms with Crippen molar-refractivity contribution in [2.75, 3.05) is 37.6 Å². The number of hydrogen-bond acceptors (Lipinski definition) is 12. The molecule has 274 valence electrons. The van der Waals surface area contributed by atoms with Crippen LogP contribution < -0.4 is 11.5 Å². The van der Waals surface area contributed by atoms with Gasteiger partial charge in [0.15, 0.2) is 5.15 Å². The first-order valence-corrected chi connectivity index (χ1v) is 17.0. The van der Waals surface area contributed by atoms with E-state index in [1.54, 1.807) is 28.0 Å². The number of carbonyl (C=O) groups is 2. The molecule has 0 atom stereocenters. The molecule has 2 aromatic rings. The molecule has 2 aromatic heterocycles. The Morgan fingerprint density at radius 1 is 0.760 bits per heavy atom. The van der Waals surface area contributed by atoms with E-state index in [0.717, 1.165) is 29.6 Å². The van der Waals surface area contributed by atoms with Gasteiger partial charge in [0.05, 0.1) is 16.9 Å². The highest BCUT2D eigenvalue weighted by atomic mass is 35.5. The maximum atomic E-state index is 12.1. The predicted molar refractivity (Wildman–Crippen MR) is 195 cm³/mol. The predicted octanol–water partition coefficient (Wildman–Crippen LogP) is 5.98. The van der Waals surface area contributed by atoms with Crippen molar-refractivity contribution in [3.63, 3.8) is 0 Å². The van der Waals surface area contributed by atoms with Crippen LogP contribution >= 0.6 is 11.6 Å². The van der Waals surface area contributed by atoms with E-state index < -0.39 is 11.2 Å². The van der Waals surface area contributed by atoms with E-state index in [1.807, 2.05) is 87.5 Å². The molecular weight excluding hydrogens is 663 g/mol. The molecule has 14 nitrogen and oxygen atoms in total. The van der Waals surface area contributed by atoms with Gasteiger partial charge in [0.2, 0.25) is 0 Å². The summed E-state index contributed by atoms with van der Waals surface area (Å²) in [5.74, 6) is 0.787. The molecule has 0 unspecified atom stereocenters. The summed E-state index contributed by atoms with van der Waals surface area (Å²) in [6, 6.07) is 6.75. The number of nitrogen functional groups attached to an aromatic ring is 2. The van der Waals surface area contributed by atoms with Crippen molar-refractivity contribution < 1.29 is 28.4 Å². The second-order valence-electron chi connectivity index (χ2n) is 15.1. The average Bonchev–Trinajstić information content (AvgIpc) is 3.24. The number of nitrogens with zero attached hydrogens (tertiary/aromatic N) is 6. The van der Waals surface area contributed by atoms with E-state index >= 15 is 0 Å². The smallest absolute Gasteiger partial charge is 0.444 e. The van der Waals surface area contributed by atoms with Crippen molar-refractivity contribution in [2.45, 2.75) is 104 Å². The normalized spacial score (nSPS) is 18.4. The molecule has 50 heavy (non-hydrogen) atoms. The van der Waals surface area contributed by atoms with E-state index in [2.05, 4.69) is 20.4 Å². The molecule has 0 radical (unpaired) electrons. The highest BCUT2D eigenvalue weighted by molar-refractivity contribution is 6.54. The van der Waals surface area contributed by atoms with Crippen molar-refractivity contribution in [3.8, 4) is 0 Å². The second-order valence-corrected chi connectivity index (χ2v) is 15.5. The minimum absolute atomic E-state index is 0.267. The molecule has 0 spiro atoms. The summed E-state index contributed by atoms with van der Waals surface area (Å²) >= 11 is 5.38. The maximum Gasteiger partial charge on any atom is 0.490 e. The summed E-state index contributed by atoms with van der Waals surface area (Å²) in [6.45, 7) is 21.7. The van der Waals surface area contributed by atoms with Crippen LogP contribution in [0.5, 0.6) is 0 Å². The number of rotatable bonds is 2. The van der Waals surface area contributed by atoms with Crippen molar-refractivity contribution in [1.29, 1.82) is 0 Å². The van der Waals surface area contributed by atoms with E-state index in [4.69, 9.17) is 41.9 Å². The van der Waals surface area contributed by atoms with Gasteiger partial charge < -0.3 is 40.0 Å². The van der Waals surface area contributed by atoms with E-state index in [9.17, 15) is 9.59 Å². The van der Waals surface area contributed by atoms with Gasteiger partial charge >= 0.3 is 19.3 Å². The Hall–Kier alpha value is -3.95. The van der Waals surface area contributed by atoms with E-state index in [1.165, 1.54) is 0 Å². The van der Waals surface area contributed by atoms with Gasteiger partial charge in [0.25, 0.3) is 0 Å². The molecule has 0 aromatic carbocycles. The number of anilines is 2. The molecule has 16 heteroatoms. The van der Waals surface area contributed by atoms with Crippen LogP contribution in [0.15, 0.2) is 41.9 Å². The first-order valence-electron chi connectivity index (χ1n) is 16.6. The largest absolute Gasteiger partial charge is 0.490 e. The molecule has 0 saturated carbocycles. The van der Waals surface area contributed by atoms with Crippen LogP contribution in [0.25, 0.3) is 5.57 Å². The Morgan fingerprint density at radius 2 is 1.24 bits per heavy atom. The van der Waals surface area contributed by atoms with Crippen LogP contribution in [0, 0.1) is 0 Å². The Balaban J connectivity index is 0.000000223. The molecular formula is C34H52BClN8O6. The van der Waals surface area contributed by atoms with Crippen molar-refractivity contribution in [1.82, 2.24) is 30.2 Å². The fourth-order valence-corrected chi connectivity index (χ4v) is 4.72. The Bertz CT molecular complexity index is 1490. The third-order valence-corrected chi connectivity index (χ3v) is 8.18. The molecule has 2 amide bonds. The summed E-state index contributed by atoms with van der Waals surface area (Å²) in [5.41, 5.74) is 12.1.